The molecule has 144 valence electrons. The van der Waals surface area contributed by atoms with Crippen molar-refractivity contribution in [3.8, 4) is 5.69 Å². The predicted molar refractivity (Wildman–Crippen MR) is 102 cm³/mol. The van der Waals surface area contributed by atoms with Gasteiger partial charge in [-0.15, -0.1) is 0 Å². The van der Waals surface area contributed by atoms with Crippen LogP contribution in [0.15, 0.2) is 64.6 Å². The lowest BCUT2D eigenvalue weighted by molar-refractivity contribution is -0.112. The van der Waals surface area contributed by atoms with Crippen LogP contribution in [0.25, 0.3) is 5.69 Å². The molecule has 0 fully saturated rings. The first-order chi connectivity index (χ1) is 13.4. The number of hydrogen-bond donors (Lipinski definition) is 1. The number of hydrogen-bond acceptors (Lipinski definition) is 5. The fourth-order valence-electron chi connectivity index (χ4n) is 3.16. The van der Waals surface area contributed by atoms with Gasteiger partial charge in [0.15, 0.2) is 5.88 Å². The third kappa shape index (κ3) is 3.04. The van der Waals surface area contributed by atoms with Gasteiger partial charge in [0.2, 0.25) is 15.9 Å². The van der Waals surface area contributed by atoms with Crippen LogP contribution in [0.1, 0.15) is 17.0 Å². The molecule has 0 bridgehead atoms. The zero-order valence-corrected chi connectivity index (χ0v) is 15.9. The van der Waals surface area contributed by atoms with Gasteiger partial charge < -0.3 is 4.42 Å². The van der Waals surface area contributed by atoms with Crippen LogP contribution < -0.4 is 5.32 Å². The second-order valence-corrected chi connectivity index (χ2v) is 8.27. The van der Waals surface area contributed by atoms with Crippen molar-refractivity contribution in [2.75, 3.05) is 5.32 Å². The highest BCUT2D eigenvalue weighted by Crippen LogP contribution is 2.33. The van der Waals surface area contributed by atoms with Crippen LogP contribution in [0.3, 0.4) is 0 Å². The first kappa shape index (κ1) is 18.2. The number of amides is 1. The number of nitrogens with one attached hydrogen (secondary N) is 1. The van der Waals surface area contributed by atoms with Crippen LogP contribution in [-0.4, -0.2) is 28.4 Å². The standard InChI is InChI=1S/C19H18N4O4S/c1-3-18(24)21-19-9-14-11-22(12-16(14)27-19)28(25,26)17-10-20-23(13(17)2)15-7-5-4-6-8-15/h3-10H,1,11-12H2,2H3,(H,21,24). The minimum absolute atomic E-state index is 0.0948. The Kier molecular flexibility index (Phi) is 4.40. The van der Waals surface area contributed by atoms with Crippen molar-refractivity contribution < 1.29 is 17.6 Å². The zero-order chi connectivity index (χ0) is 19.9. The second-order valence-electron chi connectivity index (χ2n) is 6.37. The molecule has 0 atom stereocenters. The van der Waals surface area contributed by atoms with Gasteiger partial charge in [-0.3, -0.25) is 10.1 Å². The monoisotopic (exact) mass is 398 g/mol. The lowest BCUT2D eigenvalue weighted by atomic mass is 10.3. The van der Waals surface area contributed by atoms with Gasteiger partial charge in [-0.1, -0.05) is 24.8 Å². The van der Waals surface area contributed by atoms with Gasteiger partial charge in [0.1, 0.15) is 10.7 Å². The van der Waals surface area contributed by atoms with E-state index in [1.807, 2.05) is 30.3 Å². The van der Waals surface area contributed by atoms with E-state index >= 15 is 0 Å². The SMILES string of the molecule is C=CC(=O)Nc1cc2c(o1)CN(S(=O)(=O)c1cnn(-c3ccccc3)c1C)C2. The topological polar surface area (TPSA) is 97.4 Å². The Balaban J connectivity index is 1.58. The number of anilines is 1. The summed E-state index contributed by atoms with van der Waals surface area (Å²) in [6.45, 7) is 5.37. The molecule has 4 rings (SSSR count). The van der Waals surface area contributed by atoms with Crippen molar-refractivity contribution >= 4 is 21.8 Å². The fourth-order valence-corrected chi connectivity index (χ4v) is 4.68. The number of benzene rings is 1. The van der Waals surface area contributed by atoms with Gasteiger partial charge in [-0.25, -0.2) is 13.1 Å². The number of furan rings is 1. The third-order valence-corrected chi connectivity index (χ3v) is 6.47. The minimum Gasteiger partial charge on any atom is -0.444 e. The van der Waals surface area contributed by atoms with E-state index in [2.05, 4.69) is 17.0 Å². The number of aromatic nitrogens is 2. The highest BCUT2D eigenvalue weighted by Gasteiger charge is 2.35. The molecule has 8 nitrogen and oxygen atoms in total. The van der Waals surface area contributed by atoms with Crippen molar-refractivity contribution in [2.45, 2.75) is 24.9 Å². The second kappa shape index (κ2) is 6.77. The molecule has 1 aromatic carbocycles. The van der Waals surface area contributed by atoms with Gasteiger partial charge in [-0.05, 0) is 25.1 Å². The number of fused-ring (bicyclic) bond motifs is 1. The Labute approximate surface area is 162 Å². The number of nitrogens with zero attached hydrogens (tertiary/aromatic N) is 3. The molecule has 1 N–H and O–H groups in total. The molecule has 0 spiro atoms. The Hall–Kier alpha value is -3.17. The highest BCUT2D eigenvalue weighted by atomic mass is 32.2. The summed E-state index contributed by atoms with van der Waals surface area (Å²) in [5, 5.41) is 6.78. The van der Waals surface area contributed by atoms with Gasteiger partial charge >= 0.3 is 0 Å². The van der Waals surface area contributed by atoms with Crippen LogP contribution >= 0.6 is 0 Å². The maximum atomic E-state index is 13.1. The minimum atomic E-state index is -3.75. The molecule has 28 heavy (non-hydrogen) atoms. The van der Waals surface area contributed by atoms with E-state index in [-0.39, 0.29) is 29.8 Å². The zero-order valence-electron chi connectivity index (χ0n) is 15.1. The van der Waals surface area contributed by atoms with Gasteiger partial charge in [0.25, 0.3) is 0 Å². The molecule has 2 aromatic heterocycles. The number of sulfonamides is 1. The van der Waals surface area contributed by atoms with E-state index in [1.54, 1.807) is 17.7 Å². The average molecular weight is 398 g/mol. The molecule has 0 unspecified atom stereocenters. The fraction of sp³-hybridized carbons (Fsp3) is 0.158. The summed E-state index contributed by atoms with van der Waals surface area (Å²) in [6, 6.07) is 11.0. The van der Waals surface area contributed by atoms with E-state index in [0.29, 0.717) is 11.5 Å². The number of carbonyl (C=O) groups excluding carboxylic acids is 1. The summed E-state index contributed by atoms with van der Waals surface area (Å²) >= 11 is 0. The van der Waals surface area contributed by atoms with E-state index in [9.17, 15) is 13.2 Å². The molecule has 0 saturated heterocycles. The molecular weight excluding hydrogens is 380 g/mol. The summed E-state index contributed by atoms with van der Waals surface area (Å²) in [6.07, 6.45) is 2.51. The normalized spacial score (nSPS) is 14.0. The van der Waals surface area contributed by atoms with Crippen molar-refractivity contribution in [1.29, 1.82) is 0 Å². The molecule has 3 heterocycles. The molecule has 0 radical (unpaired) electrons. The van der Waals surface area contributed by atoms with Crippen LogP contribution in [-0.2, 0) is 27.9 Å². The molecule has 1 aliphatic rings. The van der Waals surface area contributed by atoms with E-state index in [4.69, 9.17) is 4.42 Å². The summed E-state index contributed by atoms with van der Waals surface area (Å²) in [7, 11) is -3.75. The van der Waals surface area contributed by atoms with Crippen molar-refractivity contribution in [3.05, 3.63) is 72.3 Å². The quantitative estimate of drug-likeness (QED) is 0.666. The maximum absolute atomic E-state index is 13.1. The smallest absolute Gasteiger partial charge is 0.250 e. The molecule has 1 aliphatic heterocycles. The summed E-state index contributed by atoms with van der Waals surface area (Å²) in [5.74, 6) is 0.400. The van der Waals surface area contributed by atoms with Gasteiger partial charge in [-0.2, -0.15) is 9.40 Å². The first-order valence-electron chi connectivity index (χ1n) is 8.55. The van der Waals surface area contributed by atoms with Gasteiger partial charge in [0.05, 0.1) is 24.1 Å². The Morgan fingerprint density at radius 3 is 2.71 bits per heavy atom. The van der Waals surface area contributed by atoms with Crippen LogP contribution in [0, 0.1) is 6.92 Å². The van der Waals surface area contributed by atoms with Crippen LogP contribution in [0.4, 0.5) is 5.88 Å². The number of carbonyl (C=O) groups is 1. The molecule has 3 aromatic rings. The van der Waals surface area contributed by atoms with Gasteiger partial charge in [0, 0.05) is 18.2 Å². The highest BCUT2D eigenvalue weighted by molar-refractivity contribution is 7.89. The largest absolute Gasteiger partial charge is 0.444 e. The van der Waals surface area contributed by atoms with E-state index in [1.165, 1.54) is 10.5 Å². The maximum Gasteiger partial charge on any atom is 0.250 e. The Bertz CT molecular complexity index is 1140. The van der Waals surface area contributed by atoms with E-state index in [0.717, 1.165) is 17.3 Å². The van der Waals surface area contributed by atoms with Crippen molar-refractivity contribution in [3.63, 3.8) is 0 Å². The molecule has 1 amide bonds. The molecule has 0 saturated carbocycles. The summed E-state index contributed by atoms with van der Waals surface area (Å²) < 4.78 is 34.7. The van der Waals surface area contributed by atoms with E-state index < -0.39 is 10.0 Å². The lowest BCUT2D eigenvalue weighted by Crippen LogP contribution is -2.26. The average Bonchev–Trinajstić information content (AvgIpc) is 3.35. The third-order valence-electron chi connectivity index (χ3n) is 4.58. The van der Waals surface area contributed by atoms with Crippen LogP contribution in [0.2, 0.25) is 0 Å². The van der Waals surface area contributed by atoms with Crippen LogP contribution in [0.5, 0.6) is 0 Å². The molecular formula is C19H18N4O4S. The molecule has 0 aliphatic carbocycles. The molecule has 9 heteroatoms. The van der Waals surface area contributed by atoms with Crippen molar-refractivity contribution in [1.82, 2.24) is 14.1 Å². The summed E-state index contributed by atoms with van der Waals surface area (Å²) in [4.78, 5) is 11.5. The summed E-state index contributed by atoms with van der Waals surface area (Å²) in [5.41, 5.74) is 2.04. The Morgan fingerprint density at radius 2 is 2.04 bits per heavy atom. The predicted octanol–water partition coefficient (Wildman–Crippen LogP) is 2.60. The number of rotatable bonds is 5. The van der Waals surface area contributed by atoms with Crippen molar-refractivity contribution in [2.24, 2.45) is 0 Å². The first-order valence-corrected chi connectivity index (χ1v) is 9.99. The lowest BCUT2D eigenvalue weighted by Gasteiger charge is -2.15. The Morgan fingerprint density at radius 1 is 1.29 bits per heavy atom. The number of para-hydroxylation sites is 1.